The number of H-pyrrole nitrogens is 1. The molecule has 6 heterocycles. The van der Waals surface area contributed by atoms with Gasteiger partial charge in [0.15, 0.2) is 0 Å². The van der Waals surface area contributed by atoms with E-state index < -0.39 is 43.1 Å². The number of hydrogen-bond donors (Lipinski definition) is 4. The van der Waals surface area contributed by atoms with E-state index in [-0.39, 0.29) is 28.6 Å². The minimum Gasteiger partial charge on any atom is -0.468 e. The van der Waals surface area contributed by atoms with E-state index in [9.17, 15) is 28.4 Å². The Bertz CT molecular complexity index is 2950. The third kappa shape index (κ3) is 9.41. The van der Waals surface area contributed by atoms with Gasteiger partial charge in [-0.05, 0) is 155 Å². The van der Waals surface area contributed by atoms with Crippen LogP contribution in [0.2, 0.25) is 0 Å². The highest BCUT2D eigenvalue weighted by atomic mass is 32.2. The molecule has 382 valence electrons. The first kappa shape index (κ1) is 48.5. The van der Waals surface area contributed by atoms with Gasteiger partial charge in [-0.1, -0.05) is 44.5 Å². The summed E-state index contributed by atoms with van der Waals surface area (Å²) in [5.41, 5.74) is 5.18. The molecule has 2 aliphatic carbocycles. The van der Waals surface area contributed by atoms with Crippen LogP contribution in [-0.2, 0) is 14.8 Å². The highest BCUT2D eigenvalue weighted by Crippen LogP contribution is 2.54. The Morgan fingerprint density at radius 2 is 1.75 bits per heavy atom. The number of aromatic amines is 1. The minimum atomic E-state index is -4.61. The number of amides is 1. The Labute approximate surface area is 422 Å². The molecular weight excluding hydrogens is 933 g/mol. The number of sulfonamides is 1. The number of aromatic nitrogens is 2. The lowest BCUT2D eigenvalue weighted by molar-refractivity contribution is -0.384. The molecule has 72 heavy (non-hydrogen) atoms. The van der Waals surface area contributed by atoms with E-state index in [1.807, 2.05) is 37.4 Å². The van der Waals surface area contributed by atoms with Gasteiger partial charge in [-0.2, -0.15) is 4.98 Å². The predicted molar refractivity (Wildman–Crippen MR) is 278 cm³/mol. The quantitative estimate of drug-likeness (QED) is 0.0682. The average Bonchev–Trinajstić information content (AvgIpc) is 3.83. The molecule has 3 aromatic carbocycles. The number of nitrogens with zero attached hydrogens (tertiary/aromatic N) is 5. The number of ether oxygens (including phenoxy) is 2. The van der Waals surface area contributed by atoms with Gasteiger partial charge in [0.2, 0.25) is 5.88 Å². The summed E-state index contributed by atoms with van der Waals surface area (Å²) in [6.45, 7) is 10.5. The van der Waals surface area contributed by atoms with Crippen molar-refractivity contribution >= 4 is 55.4 Å². The van der Waals surface area contributed by atoms with Crippen molar-refractivity contribution in [3.63, 3.8) is 0 Å². The van der Waals surface area contributed by atoms with Crippen molar-refractivity contribution in [3.8, 4) is 5.88 Å². The monoisotopic (exact) mass is 1000 g/mol. The number of nitro benzene ring substituents is 1. The van der Waals surface area contributed by atoms with E-state index in [1.165, 1.54) is 55.4 Å². The molecule has 11 rings (SSSR count). The summed E-state index contributed by atoms with van der Waals surface area (Å²) < 4.78 is 43.1. The Balaban J connectivity index is 0.864. The molecule has 3 atom stereocenters. The molecule has 17 heteroatoms. The molecule has 1 amide bonds. The second kappa shape index (κ2) is 19.3. The van der Waals surface area contributed by atoms with Crippen LogP contribution in [0, 0.1) is 21.4 Å². The van der Waals surface area contributed by atoms with Crippen LogP contribution in [0.25, 0.3) is 11.0 Å². The van der Waals surface area contributed by atoms with Crippen molar-refractivity contribution in [1.29, 1.82) is 0 Å². The molecule has 16 nitrogen and oxygen atoms in total. The number of nitro groups is 1. The number of likely N-dealkylation sites (tertiary alicyclic amines) is 1. The van der Waals surface area contributed by atoms with Crippen LogP contribution in [0.5, 0.6) is 5.88 Å². The first-order valence-corrected chi connectivity index (χ1v) is 27.7. The van der Waals surface area contributed by atoms with Gasteiger partial charge in [0.05, 0.1) is 39.3 Å². The largest absolute Gasteiger partial charge is 0.468 e. The lowest BCUT2D eigenvalue weighted by Crippen LogP contribution is -2.56. The second-order valence-electron chi connectivity index (χ2n) is 22.2. The van der Waals surface area contributed by atoms with Crippen LogP contribution in [0.3, 0.4) is 0 Å². The molecule has 5 fully saturated rings. The van der Waals surface area contributed by atoms with Gasteiger partial charge >= 0.3 is 0 Å². The maximum Gasteiger partial charge on any atom is 0.293 e. The van der Waals surface area contributed by atoms with Crippen molar-refractivity contribution in [2.45, 2.75) is 138 Å². The number of nitrogens with one attached hydrogen (secondary N) is 3. The summed E-state index contributed by atoms with van der Waals surface area (Å²) >= 11 is 0. The molecule has 4 N–H and O–H groups in total. The van der Waals surface area contributed by atoms with Crippen molar-refractivity contribution in [2.75, 3.05) is 54.5 Å². The summed E-state index contributed by atoms with van der Waals surface area (Å²) in [5.74, 6) is 0.192. The predicted octanol–water partition coefficient (Wildman–Crippen LogP) is 9.73. The topological polar surface area (TPSA) is 196 Å². The maximum atomic E-state index is 14.7. The highest BCUT2D eigenvalue weighted by molar-refractivity contribution is 7.90. The first-order valence-electron chi connectivity index (χ1n) is 26.2. The molecule has 2 saturated carbocycles. The highest BCUT2D eigenvalue weighted by Gasteiger charge is 2.50. The number of carbonyl (C=O) groups excluding carboxylic acids is 1. The zero-order valence-electron chi connectivity index (χ0n) is 41.6. The van der Waals surface area contributed by atoms with Gasteiger partial charge in [-0.3, -0.25) is 19.8 Å². The smallest absolute Gasteiger partial charge is 0.293 e. The van der Waals surface area contributed by atoms with Gasteiger partial charge in [0.25, 0.3) is 21.6 Å². The maximum absolute atomic E-state index is 14.7. The van der Waals surface area contributed by atoms with E-state index in [1.54, 1.807) is 6.07 Å². The summed E-state index contributed by atoms with van der Waals surface area (Å²) in [4.78, 5) is 41.4. The number of rotatable bonds is 12. The second-order valence-corrected chi connectivity index (χ2v) is 23.8. The molecule has 1 spiro atoms. The molecule has 2 aromatic heterocycles. The summed E-state index contributed by atoms with van der Waals surface area (Å²) in [7, 11) is -4.61. The van der Waals surface area contributed by atoms with E-state index in [2.05, 4.69) is 67.8 Å². The van der Waals surface area contributed by atoms with Gasteiger partial charge in [0, 0.05) is 61.7 Å². The molecule has 5 aromatic rings. The third-order valence-corrected chi connectivity index (χ3v) is 18.4. The molecule has 6 aliphatic rings. The number of anilines is 4. The fourth-order valence-electron chi connectivity index (χ4n) is 12.9. The number of fused-ring (bicyclic) bond motifs is 3. The van der Waals surface area contributed by atoms with Crippen LogP contribution in [-0.4, -0.2) is 102 Å². The zero-order chi connectivity index (χ0) is 49.9. The normalized spacial score (nSPS) is 25.6. The molecular formula is C55H68N8O8S. The number of carbonyl (C=O) groups is 1. The molecule has 0 unspecified atom stereocenters. The van der Waals surface area contributed by atoms with Crippen LogP contribution in [0.1, 0.15) is 131 Å². The average molecular weight is 1000 g/mol. The van der Waals surface area contributed by atoms with Crippen LogP contribution >= 0.6 is 0 Å². The van der Waals surface area contributed by atoms with Crippen LogP contribution in [0.15, 0.2) is 83.9 Å². The number of hydrogen-bond acceptors (Lipinski definition) is 13. The molecule has 0 bridgehead atoms. The summed E-state index contributed by atoms with van der Waals surface area (Å²) in [6, 6.07) is 23.0. The number of aliphatic hydroxyl groups is 1. The van der Waals surface area contributed by atoms with Crippen molar-refractivity contribution in [2.24, 2.45) is 11.3 Å². The van der Waals surface area contributed by atoms with Crippen LogP contribution < -0.4 is 24.6 Å². The molecule has 3 saturated heterocycles. The van der Waals surface area contributed by atoms with Crippen molar-refractivity contribution in [3.05, 3.63) is 106 Å². The number of benzene rings is 3. The van der Waals surface area contributed by atoms with E-state index in [0.717, 1.165) is 62.5 Å². The first-order chi connectivity index (χ1) is 34.6. The Hall–Kier alpha value is -5.75. The third-order valence-electron chi connectivity index (χ3n) is 17.1. The lowest BCUT2D eigenvalue weighted by Gasteiger charge is -2.57. The summed E-state index contributed by atoms with van der Waals surface area (Å²) in [5, 5.41) is 26.8. The Kier molecular flexibility index (Phi) is 13.0. The van der Waals surface area contributed by atoms with Gasteiger partial charge in [0.1, 0.15) is 23.1 Å². The summed E-state index contributed by atoms with van der Waals surface area (Å²) in [6.07, 6.45) is 13.0. The SMILES string of the molecule is CC(C)c1ccccc1[C@H]1CCCCN1C1CC2(CCN(c3ccc(C(=O)NS(=O)(=O)c4ccc(NC[C@H]5CC[C@](C)(O)CC5)c([N+](=O)[O-])c4)c(N4c5cc6cc[nH]c6nc5O[C@H]5COCC[C@@H]54)c3)CC2)C1. The lowest BCUT2D eigenvalue weighted by atomic mass is 9.59. The van der Waals surface area contributed by atoms with Crippen LogP contribution in [0.4, 0.5) is 28.4 Å². The van der Waals surface area contributed by atoms with Gasteiger partial charge in [-0.15, -0.1) is 0 Å². The van der Waals surface area contributed by atoms with E-state index >= 15 is 0 Å². The fraction of sp³-hybridized carbons (Fsp3) is 0.527. The Morgan fingerprint density at radius 1 is 0.958 bits per heavy atom. The fourth-order valence-corrected chi connectivity index (χ4v) is 13.9. The number of pyridine rings is 1. The van der Waals surface area contributed by atoms with E-state index in [4.69, 9.17) is 14.5 Å². The van der Waals surface area contributed by atoms with E-state index in [0.29, 0.717) is 79.9 Å². The molecule has 0 radical (unpaired) electrons. The van der Waals surface area contributed by atoms with Crippen molar-refractivity contribution in [1.82, 2.24) is 19.6 Å². The van der Waals surface area contributed by atoms with Gasteiger partial charge in [-0.25, -0.2) is 13.1 Å². The van der Waals surface area contributed by atoms with Crippen molar-refractivity contribution < 1.29 is 32.7 Å². The zero-order valence-corrected chi connectivity index (χ0v) is 42.5. The number of piperidine rings is 2. The standard InChI is InChI=1S/C55H68N8O8S/c1-35(2)41-8-4-5-9-42(41)45-10-6-7-24-61(45)39-31-55(32-39)21-25-60(26-22-55)38-11-13-43(47(29-38)62-46-18-27-70-34-50(46)71-53-49(62)28-37-17-23-56-51(37)58-53)52(64)59-72(68,69)40-12-14-44(48(30-40)63(66)67)57-33-36-15-19-54(3,65)20-16-36/h4-5,8-9,11-14,17,23,28-30,35-36,39,45-46,50,57,65H,6-7,10,15-16,18-22,24-27,31-34H2,1-3H3,(H,56,58)(H,59,64)/t36-,45-,46+,50+,54-/m1/s1. The Morgan fingerprint density at radius 3 is 2.53 bits per heavy atom. The minimum absolute atomic E-state index is 0.124. The van der Waals surface area contributed by atoms with Gasteiger partial charge < -0.3 is 34.7 Å². The molecule has 4 aliphatic heterocycles.